The Morgan fingerprint density at radius 3 is 2.77 bits per heavy atom. The van der Waals surface area contributed by atoms with Gasteiger partial charge in [0.05, 0.1) is 6.54 Å². The number of hydrogen-bond donors (Lipinski definition) is 4. The molecule has 30 heavy (non-hydrogen) atoms. The Bertz CT molecular complexity index is 826. The molecule has 1 atom stereocenters. The number of nitrogens with zero attached hydrogens (tertiary/aromatic N) is 2. The van der Waals surface area contributed by atoms with Gasteiger partial charge >= 0.3 is 0 Å². The molecule has 1 saturated heterocycles. The minimum absolute atomic E-state index is 0.206. The quantitative estimate of drug-likeness (QED) is 0.167. The third-order valence-electron chi connectivity index (χ3n) is 4.78. The Balaban J connectivity index is 2.02. The minimum atomic E-state index is -0.670. The van der Waals surface area contributed by atoms with E-state index in [9.17, 15) is 19.2 Å². The first kappa shape index (κ1) is 22.9. The third-order valence-corrected chi connectivity index (χ3v) is 4.78. The van der Waals surface area contributed by atoms with Gasteiger partial charge in [0.1, 0.15) is 12.3 Å². The molecule has 0 saturated carbocycles. The number of nitrogens with two attached hydrogens (primary N) is 2. The predicted octanol–water partition coefficient (Wildman–Crippen LogP) is -0.265. The van der Waals surface area contributed by atoms with Gasteiger partial charge in [-0.25, -0.2) is 5.84 Å². The van der Waals surface area contributed by atoms with E-state index in [1.165, 1.54) is 9.91 Å². The Morgan fingerprint density at radius 1 is 1.33 bits per heavy atom. The van der Waals surface area contributed by atoms with Crippen molar-refractivity contribution in [1.82, 2.24) is 15.2 Å². The second kappa shape index (κ2) is 11.0. The van der Waals surface area contributed by atoms with Gasteiger partial charge in [0.2, 0.25) is 18.2 Å². The number of aldehydes is 1. The summed E-state index contributed by atoms with van der Waals surface area (Å²) in [5.41, 5.74) is 9.06. The van der Waals surface area contributed by atoms with Crippen LogP contribution in [0.25, 0.3) is 0 Å². The van der Waals surface area contributed by atoms with Crippen LogP contribution in [-0.2, 0) is 25.7 Å². The lowest BCUT2D eigenvalue weighted by Gasteiger charge is -2.30. The molecule has 1 fully saturated rings. The van der Waals surface area contributed by atoms with Crippen LogP contribution in [0.15, 0.2) is 30.1 Å². The predicted molar refractivity (Wildman–Crippen MR) is 111 cm³/mol. The van der Waals surface area contributed by atoms with Gasteiger partial charge < -0.3 is 25.8 Å². The molecule has 1 heterocycles. The van der Waals surface area contributed by atoms with Crippen molar-refractivity contribution in [2.45, 2.75) is 38.8 Å². The number of hydrazine groups is 1. The Hall–Kier alpha value is -3.40. The fraction of sp³-hybridized carbons (Fsp3) is 0.400. The van der Waals surface area contributed by atoms with Crippen molar-refractivity contribution in [1.29, 1.82) is 0 Å². The number of nitrogens with one attached hydrogen (secondary N) is 2. The molecular weight excluding hydrogens is 388 g/mol. The maximum Gasteiger partial charge on any atom is 0.249 e. The zero-order chi connectivity index (χ0) is 22.1. The van der Waals surface area contributed by atoms with E-state index < -0.39 is 11.9 Å². The summed E-state index contributed by atoms with van der Waals surface area (Å²) in [6.07, 6.45) is 3.81. The van der Waals surface area contributed by atoms with E-state index in [2.05, 4.69) is 10.6 Å². The zero-order valence-electron chi connectivity index (χ0n) is 17.0. The molecule has 1 aliphatic heterocycles. The molecule has 0 aromatic heterocycles. The molecule has 0 bridgehead atoms. The lowest BCUT2D eigenvalue weighted by Crippen LogP contribution is -2.51. The van der Waals surface area contributed by atoms with Gasteiger partial charge in [-0.15, -0.1) is 0 Å². The molecule has 10 nitrogen and oxygen atoms in total. The number of rotatable bonds is 11. The topological polar surface area (TPSA) is 151 Å². The Kier molecular flexibility index (Phi) is 8.36. The normalized spacial score (nSPS) is 16.6. The van der Waals surface area contributed by atoms with Crippen LogP contribution in [0, 0.1) is 6.92 Å². The van der Waals surface area contributed by atoms with Crippen molar-refractivity contribution in [2.75, 3.05) is 18.4 Å². The molecule has 162 valence electrons. The van der Waals surface area contributed by atoms with Gasteiger partial charge in [-0.1, -0.05) is 6.07 Å². The smallest absolute Gasteiger partial charge is 0.249 e. The monoisotopic (exact) mass is 416 g/mol. The fourth-order valence-electron chi connectivity index (χ4n) is 3.10. The van der Waals surface area contributed by atoms with E-state index in [1.54, 1.807) is 6.20 Å². The summed E-state index contributed by atoms with van der Waals surface area (Å²) in [4.78, 5) is 46.8. The van der Waals surface area contributed by atoms with Crippen molar-refractivity contribution in [3.8, 4) is 0 Å². The molecule has 0 spiro atoms. The number of piperidine rings is 1. The second-order valence-electron chi connectivity index (χ2n) is 7.14. The van der Waals surface area contributed by atoms with Gasteiger partial charge in [-0.2, -0.15) is 0 Å². The van der Waals surface area contributed by atoms with Crippen molar-refractivity contribution in [2.24, 2.45) is 11.6 Å². The van der Waals surface area contributed by atoms with Crippen LogP contribution in [0.4, 0.5) is 5.69 Å². The van der Waals surface area contributed by atoms with E-state index in [0.717, 1.165) is 23.1 Å². The van der Waals surface area contributed by atoms with E-state index in [-0.39, 0.29) is 18.9 Å². The lowest BCUT2D eigenvalue weighted by molar-refractivity contribution is -0.141. The highest BCUT2D eigenvalue weighted by atomic mass is 16.2. The van der Waals surface area contributed by atoms with Crippen LogP contribution < -0.4 is 22.2 Å². The molecular formula is C20H28N6O4. The molecule has 3 amide bonds. The number of imide groups is 1. The largest absolute Gasteiger partial charge is 0.399 e. The van der Waals surface area contributed by atoms with Gasteiger partial charge in [-0.3, -0.25) is 19.7 Å². The summed E-state index contributed by atoms with van der Waals surface area (Å²) >= 11 is 0. The number of carbonyl (C=O) groups is 4. The van der Waals surface area contributed by atoms with E-state index in [0.29, 0.717) is 38.0 Å². The van der Waals surface area contributed by atoms with Crippen LogP contribution in [0.5, 0.6) is 0 Å². The Labute approximate surface area is 175 Å². The van der Waals surface area contributed by atoms with Crippen LogP contribution in [-0.4, -0.2) is 53.6 Å². The number of aryl methyl sites for hydroxylation is 1. The van der Waals surface area contributed by atoms with E-state index in [4.69, 9.17) is 11.6 Å². The standard InChI is InChI=1S/C20H28N6O4/c1-14-3-4-17(23-10-16(21)12-26(22)7-2-8-27)9-15(14)11-25(13-28)18-5-6-19(29)24-20(18)30/h3-4,8-9,12-13,18,23H,2,5-7,10-11,21-22H2,1H3,(H,24,29,30)/b16-12-. The molecule has 0 aliphatic carbocycles. The highest BCUT2D eigenvalue weighted by Crippen LogP contribution is 2.20. The summed E-state index contributed by atoms with van der Waals surface area (Å²) in [7, 11) is 0. The van der Waals surface area contributed by atoms with Crippen molar-refractivity contribution < 1.29 is 19.2 Å². The molecule has 1 aromatic carbocycles. The molecule has 1 aromatic rings. The zero-order valence-corrected chi connectivity index (χ0v) is 17.0. The average molecular weight is 416 g/mol. The average Bonchev–Trinajstić information content (AvgIpc) is 2.71. The Morgan fingerprint density at radius 2 is 2.10 bits per heavy atom. The van der Waals surface area contributed by atoms with E-state index >= 15 is 0 Å². The van der Waals surface area contributed by atoms with Gasteiger partial charge in [0.25, 0.3) is 0 Å². The first-order valence-electron chi connectivity index (χ1n) is 9.63. The van der Waals surface area contributed by atoms with Gasteiger partial charge in [0, 0.05) is 43.5 Å². The number of carbonyl (C=O) groups excluding carboxylic acids is 4. The first-order chi connectivity index (χ1) is 14.3. The molecule has 6 N–H and O–H groups in total. The minimum Gasteiger partial charge on any atom is -0.399 e. The summed E-state index contributed by atoms with van der Waals surface area (Å²) in [5, 5.41) is 6.81. The van der Waals surface area contributed by atoms with Crippen LogP contribution >= 0.6 is 0 Å². The number of benzene rings is 1. The van der Waals surface area contributed by atoms with E-state index in [1.807, 2.05) is 25.1 Å². The van der Waals surface area contributed by atoms with Gasteiger partial charge in [0.15, 0.2) is 0 Å². The summed E-state index contributed by atoms with van der Waals surface area (Å²) < 4.78 is 0. The molecule has 0 radical (unpaired) electrons. The molecule has 10 heteroatoms. The first-order valence-corrected chi connectivity index (χ1v) is 9.63. The van der Waals surface area contributed by atoms with Crippen LogP contribution in [0.3, 0.4) is 0 Å². The number of anilines is 1. The fourth-order valence-corrected chi connectivity index (χ4v) is 3.10. The maximum absolute atomic E-state index is 12.1. The van der Waals surface area contributed by atoms with Crippen molar-refractivity contribution in [3.05, 3.63) is 41.2 Å². The summed E-state index contributed by atoms with van der Waals surface area (Å²) in [6, 6.07) is 5.01. The summed E-state index contributed by atoms with van der Waals surface area (Å²) in [5.74, 6) is 4.96. The second-order valence-corrected chi connectivity index (χ2v) is 7.14. The third kappa shape index (κ3) is 6.59. The van der Waals surface area contributed by atoms with Crippen LogP contribution in [0.2, 0.25) is 0 Å². The highest BCUT2D eigenvalue weighted by molar-refractivity contribution is 6.00. The summed E-state index contributed by atoms with van der Waals surface area (Å²) in [6.45, 7) is 2.87. The number of hydrogen-bond acceptors (Lipinski definition) is 8. The maximum atomic E-state index is 12.1. The van der Waals surface area contributed by atoms with Crippen molar-refractivity contribution >= 4 is 30.2 Å². The van der Waals surface area contributed by atoms with Gasteiger partial charge in [-0.05, 0) is 36.6 Å². The SMILES string of the molecule is Cc1ccc(NC/C(N)=C/N(N)CCC=O)cc1CN(C=O)C1CCC(=O)NC1=O. The number of amides is 3. The van der Waals surface area contributed by atoms with Crippen LogP contribution in [0.1, 0.15) is 30.4 Å². The lowest BCUT2D eigenvalue weighted by atomic mass is 10.0. The molecule has 1 aliphatic rings. The highest BCUT2D eigenvalue weighted by Gasteiger charge is 2.31. The van der Waals surface area contributed by atoms with Crippen molar-refractivity contribution in [3.63, 3.8) is 0 Å². The molecule has 1 unspecified atom stereocenters. The molecule has 2 rings (SSSR count).